The first-order valence-electron chi connectivity index (χ1n) is 9.95. The van der Waals surface area contributed by atoms with Crippen molar-refractivity contribution in [1.29, 1.82) is 5.41 Å². The SMILES string of the molecule is CCN(Cc1ccccc1)S(=O)(=O)c1ccc(Cl)c(-n2c(=O)[nH]c3ccccc3c2=N)c1. The molecule has 32 heavy (non-hydrogen) atoms. The molecule has 0 amide bonds. The van der Waals surface area contributed by atoms with Crippen LogP contribution in [0.1, 0.15) is 12.5 Å². The number of para-hydroxylation sites is 1. The Bertz CT molecular complexity index is 1510. The molecule has 0 aliphatic heterocycles. The predicted molar refractivity (Wildman–Crippen MR) is 124 cm³/mol. The summed E-state index contributed by atoms with van der Waals surface area (Å²) in [5.74, 6) is 0. The molecule has 0 aliphatic carbocycles. The summed E-state index contributed by atoms with van der Waals surface area (Å²) in [7, 11) is -3.88. The van der Waals surface area contributed by atoms with E-state index in [-0.39, 0.29) is 34.2 Å². The van der Waals surface area contributed by atoms with Gasteiger partial charge in [-0.25, -0.2) is 17.8 Å². The summed E-state index contributed by atoms with van der Waals surface area (Å²) in [5, 5.41) is 9.21. The molecule has 0 atom stereocenters. The fraction of sp³-hybridized carbons (Fsp3) is 0.130. The van der Waals surface area contributed by atoms with E-state index in [1.54, 1.807) is 31.2 Å². The van der Waals surface area contributed by atoms with Gasteiger partial charge in [0.25, 0.3) is 0 Å². The molecule has 0 spiro atoms. The summed E-state index contributed by atoms with van der Waals surface area (Å²) in [5.41, 5.74) is 0.833. The number of hydrogen-bond donors (Lipinski definition) is 2. The van der Waals surface area contributed by atoms with Gasteiger partial charge in [-0.05, 0) is 35.9 Å². The highest BCUT2D eigenvalue weighted by molar-refractivity contribution is 7.89. The highest BCUT2D eigenvalue weighted by atomic mass is 35.5. The zero-order chi connectivity index (χ0) is 22.9. The molecule has 0 saturated heterocycles. The standard InChI is InChI=1S/C23H21ClN4O3S/c1-2-27(15-16-8-4-3-5-9-16)32(30,31)17-12-13-19(24)21(14-17)28-22(25)18-10-6-7-11-20(18)26-23(28)29/h3-14,25H,2,15H2,1H3,(H,26,29). The molecule has 0 unspecified atom stereocenters. The van der Waals surface area contributed by atoms with Gasteiger partial charge in [-0.15, -0.1) is 0 Å². The van der Waals surface area contributed by atoms with E-state index in [2.05, 4.69) is 4.98 Å². The first-order chi connectivity index (χ1) is 15.3. The Kier molecular flexibility index (Phi) is 6.01. The van der Waals surface area contributed by atoms with E-state index in [1.165, 1.54) is 22.5 Å². The van der Waals surface area contributed by atoms with Crippen LogP contribution in [0.5, 0.6) is 0 Å². The van der Waals surface area contributed by atoms with Crippen molar-refractivity contribution in [1.82, 2.24) is 13.9 Å². The Hall–Kier alpha value is -3.20. The molecule has 1 heterocycles. The predicted octanol–water partition coefficient (Wildman–Crippen LogP) is 3.66. The van der Waals surface area contributed by atoms with E-state index in [4.69, 9.17) is 17.0 Å². The first kappa shape index (κ1) is 22.0. The van der Waals surface area contributed by atoms with E-state index in [0.717, 1.165) is 10.1 Å². The second-order valence-corrected chi connectivity index (χ2v) is 9.53. The van der Waals surface area contributed by atoms with Crippen LogP contribution in [-0.2, 0) is 16.6 Å². The molecule has 4 aromatic rings. The van der Waals surface area contributed by atoms with Gasteiger partial charge in [0.05, 0.1) is 21.1 Å². The van der Waals surface area contributed by atoms with Gasteiger partial charge in [-0.1, -0.05) is 61.0 Å². The summed E-state index contributed by atoms with van der Waals surface area (Å²) < 4.78 is 29.2. The molecule has 0 aliphatic rings. The van der Waals surface area contributed by atoms with Gasteiger partial charge in [-0.2, -0.15) is 4.31 Å². The molecular formula is C23H21ClN4O3S. The summed E-state index contributed by atoms with van der Waals surface area (Å²) in [6.07, 6.45) is 0. The summed E-state index contributed by atoms with van der Waals surface area (Å²) in [6, 6.07) is 20.4. The van der Waals surface area contributed by atoms with E-state index < -0.39 is 15.7 Å². The molecule has 0 radical (unpaired) electrons. The van der Waals surface area contributed by atoms with Crippen LogP contribution in [0, 0.1) is 5.41 Å². The molecule has 4 rings (SSSR count). The lowest BCUT2D eigenvalue weighted by atomic mass is 10.2. The van der Waals surface area contributed by atoms with Crippen molar-refractivity contribution in [2.24, 2.45) is 0 Å². The second kappa shape index (κ2) is 8.74. The lowest BCUT2D eigenvalue weighted by Crippen LogP contribution is -2.34. The van der Waals surface area contributed by atoms with Crippen molar-refractivity contribution in [2.75, 3.05) is 6.54 Å². The zero-order valence-corrected chi connectivity index (χ0v) is 18.8. The van der Waals surface area contributed by atoms with Gasteiger partial charge in [0.2, 0.25) is 10.0 Å². The number of aromatic nitrogens is 2. The third kappa shape index (κ3) is 4.00. The van der Waals surface area contributed by atoms with Crippen LogP contribution in [-0.4, -0.2) is 28.8 Å². The Morgan fingerprint density at radius 3 is 2.44 bits per heavy atom. The quantitative estimate of drug-likeness (QED) is 0.451. The number of nitrogens with one attached hydrogen (secondary N) is 2. The number of sulfonamides is 1. The molecule has 0 saturated carbocycles. The van der Waals surface area contributed by atoms with E-state index in [9.17, 15) is 13.2 Å². The monoisotopic (exact) mass is 468 g/mol. The maximum absolute atomic E-state index is 13.4. The third-order valence-electron chi connectivity index (χ3n) is 5.20. The lowest BCUT2D eigenvalue weighted by molar-refractivity contribution is 0.423. The second-order valence-electron chi connectivity index (χ2n) is 7.19. The number of fused-ring (bicyclic) bond motifs is 1. The van der Waals surface area contributed by atoms with Crippen molar-refractivity contribution < 1.29 is 8.42 Å². The minimum atomic E-state index is -3.88. The molecule has 7 nitrogen and oxygen atoms in total. The van der Waals surface area contributed by atoms with Gasteiger partial charge in [0.1, 0.15) is 5.49 Å². The van der Waals surface area contributed by atoms with E-state index in [0.29, 0.717) is 10.9 Å². The van der Waals surface area contributed by atoms with E-state index >= 15 is 0 Å². The Balaban J connectivity index is 1.84. The lowest BCUT2D eigenvalue weighted by Gasteiger charge is -2.21. The topological polar surface area (TPSA) is 99.0 Å². The number of nitrogens with zero attached hydrogens (tertiary/aromatic N) is 2. The Labute approximate surface area is 190 Å². The molecule has 2 N–H and O–H groups in total. The maximum atomic E-state index is 13.4. The van der Waals surface area contributed by atoms with Gasteiger partial charge < -0.3 is 4.98 Å². The van der Waals surface area contributed by atoms with Crippen LogP contribution in [0.2, 0.25) is 5.02 Å². The fourth-order valence-electron chi connectivity index (χ4n) is 3.55. The first-order valence-corrected chi connectivity index (χ1v) is 11.8. The normalized spacial score (nSPS) is 11.8. The van der Waals surface area contributed by atoms with Crippen LogP contribution >= 0.6 is 11.6 Å². The van der Waals surface area contributed by atoms with Gasteiger partial charge >= 0.3 is 5.69 Å². The highest BCUT2D eigenvalue weighted by Gasteiger charge is 2.25. The third-order valence-corrected chi connectivity index (χ3v) is 7.44. The van der Waals surface area contributed by atoms with Crippen LogP contribution in [0.4, 0.5) is 0 Å². The molecule has 164 valence electrons. The zero-order valence-electron chi connectivity index (χ0n) is 17.2. The van der Waals surface area contributed by atoms with Crippen molar-refractivity contribution in [3.8, 4) is 5.69 Å². The van der Waals surface area contributed by atoms with Gasteiger partial charge in [0, 0.05) is 18.5 Å². The highest BCUT2D eigenvalue weighted by Crippen LogP contribution is 2.25. The smallest absolute Gasteiger partial charge is 0.306 e. The Morgan fingerprint density at radius 2 is 1.72 bits per heavy atom. The molecule has 0 bridgehead atoms. The summed E-state index contributed by atoms with van der Waals surface area (Å²) in [6.45, 7) is 2.25. The van der Waals surface area contributed by atoms with Gasteiger partial charge in [0.15, 0.2) is 0 Å². The number of benzene rings is 3. The van der Waals surface area contributed by atoms with Crippen LogP contribution in [0.3, 0.4) is 0 Å². The summed E-state index contributed by atoms with van der Waals surface area (Å²) in [4.78, 5) is 15.5. The Morgan fingerprint density at radius 1 is 1.03 bits per heavy atom. The number of H-pyrrole nitrogens is 1. The van der Waals surface area contributed by atoms with Crippen molar-refractivity contribution in [3.05, 3.63) is 99.4 Å². The van der Waals surface area contributed by atoms with Crippen molar-refractivity contribution in [2.45, 2.75) is 18.4 Å². The largest absolute Gasteiger partial charge is 0.332 e. The molecule has 9 heteroatoms. The minimum Gasteiger partial charge on any atom is -0.306 e. The summed E-state index contributed by atoms with van der Waals surface area (Å²) >= 11 is 6.35. The number of halogens is 1. The fourth-order valence-corrected chi connectivity index (χ4v) is 5.21. The number of rotatable bonds is 6. The van der Waals surface area contributed by atoms with Crippen LogP contribution in [0.15, 0.2) is 82.5 Å². The molecular weight excluding hydrogens is 448 g/mol. The van der Waals surface area contributed by atoms with Crippen molar-refractivity contribution in [3.63, 3.8) is 0 Å². The van der Waals surface area contributed by atoms with Crippen LogP contribution in [0.25, 0.3) is 16.6 Å². The average molecular weight is 469 g/mol. The van der Waals surface area contributed by atoms with Crippen molar-refractivity contribution >= 4 is 32.5 Å². The number of hydrogen-bond acceptors (Lipinski definition) is 4. The minimum absolute atomic E-state index is 0.00543. The molecule has 3 aromatic carbocycles. The number of aromatic amines is 1. The molecule has 1 aromatic heterocycles. The van der Waals surface area contributed by atoms with Gasteiger partial charge in [-0.3, -0.25) is 5.41 Å². The maximum Gasteiger partial charge on any atom is 0.332 e. The van der Waals surface area contributed by atoms with E-state index in [1.807, 2.05) is 30.3 Å². The van der Waals surface area contributed by atoms with Crippen LogP contribution < -0.4 is 11.2 Å². The average Bonchev–Trinajstić information content (AvgIpc) is 2.79. The molecule has 0 fully saturated rings.